The summed E-state index contributed by atoms with van der Waals surface area (Å²) in [4.78, 5) is 4.52. The van der Waals surface area contributed by atoms with Crippen LogP contribution in [0.4, 0.5) is 4.39 Å². The van der Waals surface area contributed by atoms with Gasteiger partial charge in [0.25, 0.3) is 0 Å². The molecule has 0 saturated heterocycles. The van der Waals surface area contributed by atoms with E-state index in [0.29, 0.717) is 23.2 Å². The average Bonchev–Trinajstić information content (AvgIpc) is 3.67. The number of benzene rings is 5. The third-order valence-electron chi connectivity index (χ3n) is 10.7. The van der Waals surface area contributed by atoms with Crippen molar-refractivity contribution in [1.82, 2.24) is 19.3 Å². The van der Waals surface area contributed by atoms with Crippen molar-refractivity contribution in [2.45, 2.75) is 45.4 Å². The number of allylic oxidation sites excluding steroid dienone is 2. The Balaban J connectivity index is 1.12. The lowest BCUT2D eigenvalue weighted by Crippen LogP contribution is -2.18. The van der Waals surface area contributed by atoms with E-state index in [1.165, 1.54) is 40.6 Å². The van der Waals surface area contributed by atoms with Crippen LogP contribution in [0.15, 0.2) is 146 Å². The van der Waals surface area contributed by atoms with Crippen LogP contribution in [0.25, 0.3) is 38.9 Å². The summed E-state index contributed by atoms with van der Waals surface area (Å²) in [6, 6.07) is 45.1. The smallest absolute Gasteiger partial charge is 0.140 e. The van der Waals surface area contributed by atoms with Gasteiger partial charge < -0.3 is 4.74 Å². The number of ether oxygens (including phenoxy) is 1. The van der Waals surface area contributed by atoms with Gasteiger partial charge in [0, 0.05) is 52.3 Å². The van der Waals surface area contributed by atoms with Gasteiger partial charge in [-0.05, 0) is 98.2 Å². The zero-order valence-electron chi connectivity index (χ0n) is 30.0. The molecule has 8 aromatic rings. The molecule has 2 atom stereocenters. The molecule has 1 unspecified atom stereocenters. The molecule has 3 heterocycles. The van der Waals surface area contributed by atoms with Gasteiger partial charge in [0.15, 0.2) is 0 Å². The van der Waals surface area contributed by atoms with Gasteiger partial charge in [-0.1, -0.05) is 84.9 Å². The molecule has 5 aromatic carbocycles. The highest BCUT2D eigenvalue weighted by molar-refractivity contribution is 6.09. The predicted molar refractivity (Wildman–Crippen MR) is 212 cm³/mol. The summed E-state index contributed by atoms with van der Waals surface area (Å²) >= 11 is 0. The maximum absolute atomic E-state index is 14.4. The quantitative estimate of drug-likeness (QED) is 0.167. The standard InChI is InChI=1S/C47H39FN4O/c1-30-25-36(28-38(26-30)53-37-21-22-42-41-17-10-11-20-43(41)51(44(42)29-37)45-27-35(48)23-24-49-45)52-32(3)46(31(2)50-52)47-39(33-13-6-4-7-14-33)18-12-19-40(47)34-15-8-5-9-16-34/h4-11,13-18,20-29,40,47H,12,19H2,1-3H3/t40-,47?/m1/s1. The normalized spacial score (nSPS) is 15.9. The summed E-state index contributed by atoms with van der Waals surface area (Å²) in [7, 11) is 0. The molecule has 0 saturated carbocycles. The summed E-state index contributed by atoms with van der Waals surface area (Å²) in [5.74, 6) is 2.06. The van der Waals surface area contributed by atoms with E-state index >= 15 is 0 Å². The average molecular weight is 695 g/mol. The van der Waals surface area contributed by atoms with E-state index in [-0.39, 0.29) is 11.7 Å². The SMILES string of the molecule is Cc1cc(Oc2ccc3c4ccccc4n(-c4cc(F)ccn4)c3c2)cc(-n2nc(C)c(C3C(c4ccccc4)=CCC[C@@H]3c3ccccc3)c2C)c1. The molecule has 0 bridgehead atoms. The monoisotopic (exact) mass is 694 g/mol. The number of aromatic nitrogens is 4. The summed E-state index contributed by atoms with van der Waals surface area (Å²) in [5.41, 5.74) is 11.3. The Bertz CT molecular complexity index is 2660. The van der Waals surface area contributed by atoms with E-state index in [9.17, 15) is 4.39 Å². The van der Waals surface area contributed by atoms with Crippen molar-refractivity contribution < 1.29 is 9.13 Å². The van der Waals surface area contributed by atoms with Crippen LogP contribution in [0.2, 0.25) is 0 Å². The minimum Gasteiger partial charge on any atom is -0.457 e. The van der Waals surface area contributed by atoms with Gasteiger partial charge in [-0.2, -0.15) is 5.10 Å². The van der Waals surface area contributed by atoms with Crippen LogP contribution in [0.3, 0.4) is 0 Å². The van der Waals surface area contributed by atoms with E-state index in [1.807, 2.05) is 41.0 Å². The number of hydrogen-bond donors (Lipinski definition) is 0. The summed E-state index contributed by atoms with van der Waals surface area (Å²) in [6.45, 7) is 6.43. The number of halogens is 1. The summed E-state index contributed by atoms with van der Waals surface area (Å²) in [6.07, 6.45) is 6.06. The number of aryl methyl sites for hydroxylation is 2. The van der Waals surface area contributed by atoms with Gasteiger partial charge in [-0.15, -0.1) is 0 Å². The van der Waals surface area contributed by atoms with Gasteiger partial charge in [-0.25, -0.2) is 14.1 Å². The first kappa shape index (κ1) is 32.6. The number of hydrogen-bond acceptors (Lipinski definition) is 3. The molecule has 0 aliphatic heterocycles. The number of pyridine rings is 1. The van der Waals surface area contributed by atoms with Crippen LogP contribution in [0.5, 0.6) is 11.5 Å². The zero-order valence-corrected chi connectivity index (χ0v) is 30.0. The van der Waals surface area contributed by atoms with E-state index < -0.39 is 0 Å². The molecule has 9 rings (SSSR count). The number of fused-ring (bicyclic) bond motifs is 3. The van der Waals surface area contributed by atoms with Crippen LogP contribution in [0, 0.1) is 26.6 Å². The maximum atomic E-state index is 14.4. The van der Waals surface area contributed by atoms with Gasteiger partial charge >= 0.3 is 0 Å². The molecule has 1 aliphatic rings. The lowest BCUT2D eigenvalue weighted by Gasteiger charge is -2.34. The molecule has 53 heavy (non-hydrogen) atoms. The molecule has 3 aromatic heterocycles. The Hall–Kier alpha value is -6.27. The maximum Gasteiger partial charge on any atom is 0.140 e. The minimum atomic E-state index is -0.334. The van der Waals surface area contributed by atoms with Crippen molar-refractivity contribution >= 4 is 27.4 Å². The highest BCUT2D eigenvalue weighted by atomic mass is 19.1. The highest BCUT2D eigenvalue weighted by Crippen LogP contribution is 2.50. The number of nitrogens with zero attached hydrogens (tertiary/aromatic N) is 4. The fraction of sp³-hybridized carbons (Fsp3) is 0.149. The fourth-order valence-electron chi connectivity index (χ4n) is 8.45. The molecule has 0 amide bonds. The molecule has 0 radical (unpaired) electrons. The van der Waals surface area contributed by atoms with E-state index in [1.54, 1.807) is 0 Å². The van der Waals surface area contributed by atoms with Crippen molar-refractivity contribution in [3.63, 3.8) is 0 Å². The summed E-state index contributed by atoms with van der Waals surface area (Å²) in [5, 5.41) is 7.32. The molecule has 0 spiro atoms. The van der Waals surface area contributed by atoms with Crippen molar-refractivity contribution in [3.8, 4) is 23.0 Å². The molecule has 0 fully saturated rings. The van der Waals surface area contributed by atoms with Crippen LogP contribution >= 0.6 is 0 Å². The largest absolute Gasteiger partial charge is 0.457 e. The Morgan fingerprint density at radius 1 is 0.717 bits per heavy atom. The second kappa shape index (κ2) is 13.4. The van der Waals surface area contributed by atoms with Gasteiger partial charge in [0.05, 0.1) is 22.4 Å². The van der Waals surface area contributed by atoms with Crippen LogP contribution < -0.4 is 4.74 Å². The van der Waals surface area contributed by atoms with Gasteiger partial charge in [0.2, 0.25) is 0 Å². The molecule has 0 N–H and O–H groups in total. The first-order valence-corrected chi connectivity index (χ1v) is 18.2. The first-order chi connectivity index (χ1) is 25.9. The van der Waals surface area contributed by atoms with Crippen LogP contribution in [-0.4, -0.2) is 19.3 Å². The van der Waals surface area contributed by atoms with E-state index in [0.717, 1.165) is 57.3 Å². The molecular weight excluding hydrogens is 656 g/mol. The molecule has 1 aliphatic carbocycles. The van der Waals surface area contributed by atoms with Crippen LogP contribution in [0.1, 0.15) is 58.3 Å². The van der Waals surface area contributed by atoms with Crippen molar-refractivity contribution in [1.29, 1.82) is 0 Å². The minimum absolute atomic E-state index is 0.161. The van der Waals surface area contributed by atoms with Gasteiger partial charge in [0.1, 0.15) is 23.1 Å². The number of para-hydroxylation sites is 1. The Kier molecular flexibility index (Phi) is 8.23. The second-order valence-electron chi connectivity index (χ2n) is 14.1. The van der Waals surface area contributed by atoms with Crippen molar-refractivity contribution in [2.24, 2.45) is 0 Å². The Morgan fingerprint density at radius 3 is 2.28 bits per heavy atom. The fourth-order valence-corrected chi connectivity index (χ4v) is 8.45. The Labute approximate surface area is 308 Å². The molecular formula is C47H39FN4O. The molecule has 5 nitrogen and oxygen atoms in total. The third-order valence-corrected chi connectivity index (χ3v) is 10.7. The lowest BCUT2D eigenvalue weighted by atomic mass is 9.69. The van der Waals surface area contributed by atoms with Crippen LogP contribution in [-0.2, 0) is 0 Å². The van der Waals surface area contributed by atoms with Crippen molar-refractivity contribution in [2.75, 3.05) is 0 Å². The molecule has 260 valence electrons. The Morgan fingerprint density at radius 2 is 1.47 bits per heavy atom. The van der Waals surface area contributed by atoms with E-state index in [2.05, 4.69) is 121 Å². The zero-order chi connectivity index (χ0) is 36.1. The first-order valence-electron chi connectivity index (χ1n) is 18.2. The highest BCUT2D eigenvalue weighted by Gasteiger charge is 2.35. The topological polar surface area (TPSA) is 44.9 Å². The van der Waals surface area contributed by atoms with Gasteiger partial charge in [-0.3, -0.25) is 4.57 Å². The number of rotatable bonds is 7. The molecule has 6 heteroatoms. The second-order valence-corrected chi connectivity index (χ2v) is 14.1. The lowest BCUT2D eigenvalue weighted by molar-refractivity contribution is 0.482. The predicted octanol–water partition coefficient (Wildman–Crippen LogP) is 12.0. The third kappa shape index (κ3) is 5.90. The van der Waals surface area contributed by atoms with Crippen molar-refractivity contribution in [3.05, 3.63) is 185 Å². The summed E-state index contributed by atoms with van der Waals surface area (Å²) < 4.78 is 25.1. The van der Waals surface area contributed by atoms with E-state index in [4.69, 9.17) is 9.84 Å².